The summed E-state index contributed by atoms with van der Waals surface area (Å²) in [5.41, 5.74) is 5.88. The summed E-state index contributed by atoms with van der Waals surface area (Å²) in [6, 6.07) is 30.9. The summed E-state index contributed by atoms with van der Waals surface area (Å²) >= 11 is 0. The first-order valence-corrected chi connectivity index (χ1v) is 13.6. The van der Waals surface area contributed by atoms with Crippen LogP contribution in [0, 0.1) is 0 Å². The monoisotopic (exact) mass is 535 g/mol. The molecule has 0 spiro atoms. The van der Waals surface area contributed by atoms with Gasteiger partial charge in [-0.15, -0.1) is 0 Å². The molecule has 4 aromatic carbocycles. The highest BCUT2D eigenvalue weighted by molar-refractivity contribution is 5.99. The quantitative estimate of drug-likeness (QED) is 0.0966. The van der Waals surface area contributed by atoms with E-state index in [1.165, 1.54) is 0 Å². The lowest BCUT2D eigenvalue weighted by Crippen LogP contribution is -2.20. The number of ether oxygens (including phenoxy) is 4. The normalized spacial score (nSPS) is 12.6. The summed E-state index contributed by atoms with van der Waals surface area (Å²) in [5.74, 6) is 2.43. The van der Waals surface area contributed by atoms with E-state index in [-0.39, 0.29) is 12.8 Å². The van der Waals surface area contributed by atoms with E-state index < -0.39 is 0 Å². The van der Waals surface area contributed by atoms with Gasteiger partial charge in [-0.05, 0) is 89.3 Å². The molecule has 0 atom stereocenters. The Bertz CT molecular complexity index is 1460. The molecule has 0 amide bonds. The van der Waals surface area contributed by atoms with Gasteiger partial charge in [-0.3, -0.25) is 0 Å². The van der Waals surface area contributed by atoms with E-state index in [4.69, 9.17) is 18.9 Å². The van der Waals surface area contributed by atoms with Crippen molar-refractivity contribution < 1.29 is 23.7 Å². The molecule has 5 rings (SSSR count). The van der Waals surface area contributed by atoms with Crippen molar-refractivity contribution in [2.75, 3.05) is 26.5 Å². The molecule has 0 aromatic heterocycles. The molecule has 0 saturated heterocycles. The van der Waals surface area contributed by atoms with Crippen molar-refractivity contribution in [2.45, 2.75) is 20.3 Å². The molecule has 6 heteroatoms. The predicted octanol–water partition coefficient (Wildman–Crippen LogP) is 6.99. The molecule has 6 nitrogen and oxygen atoms in total. The summed E-state index contributed by atoms with van der Waals surface area (Å²) in [6.07, 6.45) is 0.792. The van der Waals surface area contributed by atoms with Crippen LogP contribution in [0.15, 0.2) is 97.1 Å². The largest absolute Gasteiger partial charge is 0.492 e. The molecule has 0 unspecified atom stereocenters. The first-order chi connectivity index (χ1) is 19.7. The van der Waals surface area contributed by atoms with E-state index >= 15 is 0 Å². The van der Waals surface area contributed by atoms with Gasteiger partial charge >= 0.3 is 5.97 Å². The number of benzene rings is 4. The van der Waals surface area contributed by atoms with Crippen molar-refractivity contribution in [2.24, 2.45) is 0 Å². The van der Waals surface area contributed by atoms with Crippen molar-refractivity contribution in [3.8, 4) is 23.0 Å². The number of hydrogen-bond donors (Lipinski definition) is 1. The van der Waals surface area contributed by atoms with Crippen LogP contribution in [-0.4, -0.2) is 32.5 Å². The fourth-order valence-electron chi connectivity index (χ4n) is 4.69. The molecule has 40 heavy (non-hydrogen) atoms. The van der Waals surface area contributed by atoms with Crippen molar-refractivity contribution in [3.63, 3.8) is 0 Å². The Morgan fingerprint density at radius 1 is 0.750 bits per heavy atom. The number of allylic oxidation sites excluding steroid dienone is 1. The van der Waals surface area contributed by atoms with Gasteiger partial charge in [0.25, 0.3) is 0 Å². The van der Waals surface area contributed by atoms with Crippen molar-refractivity contribution >= 4 is 17.1 Å². The third kappa shape index (κ3) is 6.35. The maximum absolute atomic E-state index is 12.6. The van der Waals surface area contributed by atoms with Crippen LogP contribution in [0.5, 0.6) is 23.0 Å². The number of hydrogen-bond acceptors (Lipinski definition) is 6. The highest BCUT2D eigenvalue weighted by Gasteiger charge is 2.18. The maximum atomic E-state index is 12.6. The van der Waals surface area contributed by atoms with Crippen LogP contribution in [0.3, 0.4) is 0 Å². The molecule has 0 bridgehead atoms. The van der Waals surface area contributed by atoms with Crippen LogP contribution in [0.1, 0.15) is 47.3 Å². The highest BCUT2D eigenvalue weighted by Crippen LogP contribution is 2.40. The van der Waals surface area contributed by atoms with Gasteiger partial charge in [0, 0.05) is 6.54 Å². The molecule has 0 radical (unpaired) electrons. The van der Waals surface area contributed by atoms with Crippen LogP contribution < -0.4 is 24.3 Å². The highest BCUT2D eigenvalue weighted by atomic mass is 16.7. The van der Waals surface area contributed by atoms with Crippen molar-refractivity contribution in [3.05, 3.63) is 119 Å². The van der Waals surface area contributed by atoms with Gasteiger partial charge in [0.05, 0.1) is 5.56 Å². The number of likely N-dealkylation sites (N-methyl/N-ethyl adjacent to an activating group) is 1. The molecular weight excluding hydrogens is 502 g/mol. The zero-order valence-electron chi connectivity index (χ0n) is 22.8. The van der Waals surface area contributed by atoms with Crippen LogP contribution in [-0.2, 0) is 0 Å². The van der Waals surface area contributed by atoms with Crippen molar-refractivity contribution in [1.29, 1.82) is 0 Å². The minimum absolute atomic E-state index is 0.231. The number of fused-ring (bicyclic) bond motifs is 1. The molecule has 1 heterocycles. The summed E-state index contributed by atoms with van der Waals surface area (Å²) in [5, 5.41) is 3.27. The Morgan fingerprint density at radius 3 is 2.08 bits per heavy atom. The Hall–Kier alpha value is -4.55. The molecular formula is C34H33NO5. The Balaban J connectivity index is 1.48. The summed E-state index contributed by atoms with van der Waals surface area (Å²) in [7, 11) is 0. The lowest BCUT2D eigenvalue weighted by atomic mass is 9.88. The zero-order valence-corrected chi connectivity index (χ0v) is 22.8. The average molecular weight is 536 g/mol. The van der Waals surface area contributed by atoms with Gasteiger partial charge < -0.3 is 24.3 Å². The van der Waals surface area contributed by atoms with E-state index in [0.29, 0.717) is 17.9 Å². The van der Waals surface area contributed by atoms with Gasteiger partial charge in [0.1, 0.15) is 18.1 Å². The third-order valence-corrected chi connectivity index (χ3v) is 6.68. The second-order valence-corrected chi connectivity index (χ2v) is 9.28. The molecule has 4 aromatic rings. The minimum atomic E-state index is -0.386. The fraction of sp³-hybridized carbons (Fsp3) is 0.206. The number of rotatable bonds is 11. The van der Waals surface area contributed by atoms with E-state index in [9.17, 15) is 4.79 Å². The Morgan fingerprint density at radius 2 is 1.40 bits per heavy atom. The lowest BCUT2D eigenvalue weighted by molar-refractivity contribution is 0.0734. The molecule has 1 aliphatic heterocycles. The third-order valence-electron chi connectivity index (χ3n) is 6.68. The SMILES string of the molecule is CCNCCOc1ccc(C(=C(CC)c2ccc3c(c2)OCO3)c2ccc(OC(=O)c3ccccc3)cc2)cc1. The van der Waals surface area contributed by atoms with Gasteiger partial charge in [0.2, 0.25) is 6.79 Å². The topological polar surface area (TPSA) is 66.0 Å². The van der Waals surface area contributed by atoms with Crippen LogP contribution >= 0.6 is 0 Å². The average Bonchev–Trinajstić information content (AvgIpc) is 3.48. The summed E-state index contributed by atoms with van der Waals surface area (Å²) < 4.78 is 22.7. The van der Waals surface area contributed by atoms with Gasteiger partial charge in [-0.25, -0.2) is 4.79 Å². The first kappa shape index (κ1) is 27.0. The maximum Gasteiger partial charge on any atom is 0.343 e. The lowest BCUT2D eigenvalue weighted by Gasteiger charge is -2.17. The van der Waals surface area contributed by atoms with E-state index in [2.05, 4.69) is 37.4 Å². The fourth-order valence-corrected chi connectivity index (χ4v) is 4.69. The number of carbonyl (C=O) groups is 1. The van der Waals surface area contributed by atoms with Gasteiger partial charge in [-0.1, -0.05) is 62.4 Å². The summed E-state index contributed by atoms with van der Waals surface area (Å²) in [6.45, 7) is 6.78. The molecule has 0 saturated carbocycles. The van der Waals surface area contributed by atoms with E-state index in [1.54, 1.807) is 12.1 Å². The van der Waals surface area contributed by atoms with E-state index in [0.717, 1.165) is 64.6 Å². The molecule has 0 fully saturated rings. The first-order valence-electron chi connectivity index (χ1n) is 13.6. The van der Waals surface area contributed by atoms with Gasteiger partial charge in [0.15, 0.2) is 11.5 Å². The number of esters is 1. The van der Waals surface area contributed by atoms with Crippen LogP contribution in [0.4, 0.5) is 0 Å². The summed E-state index contributed by atoms with van der Waals surface area (Å²) in [4.78, 5) is 12.6. The smallest absolute Gasteiger partial charge is 0.343 e. The molecule has 1 N–H and O–H groups in total. The molecule has 204 valence electrons. The second kappa shape index (κ2) is 13.0. The number of nitrogens with one attached hydrogen (secondary N) is 1. The molecule has 0 aliphatic carbocycles. The Labute approximate surface area is 235 Å². The van der Waals surface area contributed by atoms with Crippen molar-refractivity contribution in [1.82, 2.24) is 5.32 Å². The number of carbonyl (C=O) groups excluding carboxylic acids is 1. The van der Waals surface area contributed by atoms with Crippen LogP contribution in [0.2, 0.25) is 0 Å². The predicted molar refractivity (Wildman–Crippen MR) is 157 cm³/mol. The van der Waals surface area contributed by atoms with E-state index in [1.807, 2.05) is 66.7 Å². The standard InChI is InChI=1S/C34H33NO5/c1-3-30(27-14-19-31-32(22-27)39-23-38-31)33(24-10-15-28(16-11-24)37-21-20-35-4-2)25-12-17-29(18-13-25)40-34(36)26-8-6-5-7-9-26/h5-19,22,35H,3-4,20-21,23H2,1-2H3. The minimum Gasteiger partial charge on any atom is -0.492 e. The zero-order chi connectivity index (χ0) is 27.7. The van der Waals surface area contributed by atoms with Gasteiger partial charge in [-0.2, -0.15) is 0 Å². The Kier molecular flexibility index (Phi) is 8.79. The second-order valence-electron chi connectivity index (χ2n) is 9.28. The van der Waals surface area contributed by atoms with Crippen LogP contribution in [0.25, 0.3) is 11.1 Å². The molecule has 1 aliphatic rings.